The van der Waals surface area contributed by atoms with Crippen molar-refractivity contribution in [3.8, 4) is 0 Å². The van der Waals surface area contributed by atoms with Crippen LogP contribution in [0, 0.1) is 12.8 Å². The Morgan fingerprint density at radius 2 is 2.10 bits per heavy atom. The molecule has 1 aromatic carbocycles. The summed E-state index contributed by atoms with van der Waals surface area (Å²) in [6.45, 7) is 2.89. The van der Waals surface area contributed by atoms with Crippen LogP contribution in [0.3, 0.4) is 0 Å². The van der Waals surface area contributed by atoms with Gasteiger partial charge >= 0.3 is 0 Å². The summed E-state index contributed by atoms with van der Waals surface area (Å²) in [5, 5.41) is 4.95. The van der Waals surface area contributed by atoms with E-state index in [9.17, 15) is 0 Å². The van der Waals surface area contributed by atoms with Crippen molar-refractivity contribution in [1.29, 1.82) is 0 Å². The van der Waals surface area contributed by atoms with Gasteiger partial charge in [-0.2, -0.15) is 0 Å². The molecule has 2 atom stereocenters. The zero-order valence-electron chi connectivity index (χ0n) is 12.1. The molecule has 106 valence electrons. The molecule has 3 N–H and O–H groups in total. The van der Waals surface area contributed by atoms with Crippen LogP contribution >= 0.6 is 0 Å². The Hall–Kier alpha value is -1.61. The molecule has 1 fully saturated rings. The minimum absolute atomic E-state index is 0.500. The van der Waals surface area contributed by atoms with Crippen molar-refractivity contribution < 1.29 is 0 Å². The summed E-state index contributed by atoms with van der Waals surface area (Å²) in [5.41, 5.74) is 9.45. The lowest BCUT2D eigenvalue weighted by Gasteiger charge is -2.32. The maximum absolute atomic E-state index is 5.93. The van der Waals surface area contributed by atoms with Gasteiger partial charge in [-0.15, -0.1) is 0 Å². The molecule has 1 saturated carbocycles. The van der Waals surface area contributed by atoms with Crippen molar-refractivity contribution in [3.63, 3.8) is 0 Å². The van der Waals surface area contributed by atoms with Gasteiger partial charge in [0.05, 0.1) is 5.52 Å². The van der Waals surface area contributed by atoms with Gasteiger partial charge in [0.15, 0.2) is 0 Å². The normalized spacial score (nSPS) is 22.9. The van der Waals surface area contributed by atoms with Crippen molar-refractivity contribution in [2.24, 2.45) is 11.7 Å². The number of aryl methyl sites for hydroxylation is 1. The highest BCUT2D eigenvalue weighted by molar-refractivity contribution is 5.93. The molecule has 2 unspecified atom stereocenters. The third kappa shape index (κ3) is 2.50. The lowest BCUT2D eigenvalue weighted by Crippen LogP contribution is -2.36. The van der Waals surface area contributed by atoms with E-state index in [0.29, 0.717) is 12.0 Å². The van der Waals surface area contributed by atoms with Crippen LogP contribution in [0.4, 0.5) is 5.69 Å². The van der Waals surface area contributed by atoms with Gasteiger partial charge in [-0.1, -0.05) is 18.9 Å². The number of benzene rings is 1. The highest BCUT2D eigenvalue weighted by Crippen LogP contribution is 2.30. The first-order chi connectivity index (χ1) is 9.79. The molecule has 0 radical (unpaired) electrons. The SMILES string of the molecule is Cc1ccc(NC2CCCCC2CN)c2cccnc12. The molecule has 1 aliphatic rings. The van der Waals surface area contributed by atoms with E-state index in [0.717, 1.165) is 12.1 Å². The van der Waals surface area contributed by atoms with Crippen molar-refractivity contribution in [1.82, 2.24) is 4.98 Å². The Balaban J connectivity index is 1.92. The van der Waals surface area contributed by atoms with E-state index in [2.05, 4.69) is 35.4 Å². The van der Waals surface area contributed by atoms with Crippen LogP contribution < -0.4 is 11.1 Å². The summed E-state index contributed by atoms with van der Waals surface area (Å²) in [7, 11) is 0. The molecular weight excluding hydrogens is 246 g/mol. The number of nitrogens with two attached hydrogens (primary N) is 1. The molecule has 20 heavy (non-hydrogen) atoms. The smallest absolute Gasteiger partial charge is 0.0751 e. The number of nitrogens with zero attached hydrogens (tertiary/aromatic N) is 1. The quantitative estimate of drug-likeness (QED) is 0.897. The molecule has 0 bridgehead atoms. The number of fused-ring (bicyclic) bond motifs is 1. The van der Waals surface area contributed by atoms with Crippen LogP contribution in [0.1, 0.15) is 31.2 Å². The molecule has 3 heteroatoms. The fourth-order valence-corrected chi connectivity index (χ4v) is 3.32. The maximum atomic E-state index is 5.93. The minimum atomic E-state index is 0.500. The van der Waals surface area contributed by atoms with Crippen LogP contribution in [-0.2, 0) is 0 Å². The number of nitrogens with one attached hydrogen (secondary N) is 1. The lowest BCUT2D eigenvalue weighted by atomic mass is 9.84. The predicted octanol–water partition coefficient (Wildman–Crippen LogP) is 3.47. The van der Waals surface area contributed by atoms with Crippen molar-refractivity contribution in [2.45, 2.75) is 38.6 Å². The van der Waals surface area contributed by atoms with E-state index in [4.69, 9.17) is 5.73 Å². The molecule has 1 aliphatic carbocycles. The molecule has 3 nitrogen and oxygen atoms in total. The molecule has 2 aromatic rings. The van der Waals surface area contributed by atoms with Gasteiger partial charge in [0.25, 0.3) is 0 Å². The average molecular weight is 269 g/mol. The van der Waals surface area contributed by atoms with Crippen LogP contribution in [-0.4, -0.2) is 17.6 Å². The Morgan fingerprint density at radius 3 is 2.95 bits per heavy atom. The van der Waals surface area contributed by atoms with Crippen molar-refractivity contribution in [3.05, 3.63) is 36.0 Å². The van der Waals surface area contributed by atoms with E-state index in [1.807, 2.05) is 12.3 Å². The molecule has 0 saturated heterocycles. The zero-order chi connectivity index (χ0) is 13.9. The Bertz CT molecular complexity index is 594. The number of pyridine rings is 1. The number of aromatic nitrogens is 1. The average Bonchev–Trinajstić information content (AvgIpc) is 2.51. The number of hydrogen-bond acceptors (Lipinski definition) is 3. The predicted molar refractivity (Wildman–Crippen MR) is 84.9 cm³/mol. The maximum Gasteiger partial charge on any atom is 0.0751 e. The molecule has 3 rings (SSSR count). The van der Waals surface area contributed by atoms with E-state index < -0.39 is 0 Å². The number of rotatable bonds is 3. The second kappa shape index (κ2) is 5.80. The Kier molecular flexibility index (Phi) is 3.88. The first kappa shape index (κ1) is 13.4. The van der Waals surface area contributed by atoms with Gasteiger partial charge in [-0.05, 0) is 56.0 Å². The fraction of sp³-hybridized carbons (Fsp3) is 0.471. The largest absolute Gasteiger partial charge is 0.381 e. The van der Waals surface area contributed by atoms with Gasteiger partial charge in [-0.25, -0.2) is 0 Å². The second-order valence-corrected chi connectivity index (χ2v) is 5.86. The van der Waals surface area contributed by atoms with E-state index in [1.54, 1.807) is 0 Å². The molecule has 0 spiro atoms. The zero-order valence-corrected chi connectivity index (χ0v) is 12.1. The first-order valence-corrected chi connectivity index (χ1v) is 7.60. The van der Waals surface area contributed by atoms with Crippen LogP contribution in [0.5, 0.6) is 0 Å². The number of hydrogen-bond donors (Lipinski definition) is 2. The molecule has 1 aromatic heterocycles. The summed E-state index contributed by atoms with van der Waals surface area (Å²) in [6.07, 6.45) is 6.95. The Morgan fingerprint density at radius 1 is 1.25 bits per heavy atom. The van der Waals surface area contributed by atoms with Gasteiger partial charge in [0, 0.05) is 23.3 Å². The van der Waals surface area contributed by atoms with E-state index in [1.165, 1.54) is 42.3 Å². The molecule has 0 aliphatic heterocycles. The molecular formula is C17H23N3. The topological polar surface area (TPSA) is 50.9 Å². The van der Waals surface area contributed by atoms with Gasteiger partial charge in [0.1, 0.15) is 0 Å². The lowest BCUT2D eigenvalue weighted by molar-refractivity contribution is 0.333. The summed E-state index contributed by atoms with van der Waals surface area (Å²) in [5.74, 6) is 0.594. The van der Waals surface area contributed by atoms with Crippen molar-refractivity contribution in [2.75, 3.05) is 11.9 Å². The van der Waals surface area contributed by atoms with E-state index >= 15 is 0 Å². The van der Waals surface area contributed by atoms with Crippen LogP contribution in [0.15, 0.2) is 30.5 Å². The van der Waals surface area contributed by atoms with Gasteiger partial charge in [-0.3, -0.25) is 4.98 Å². The first-order valence-electron chi connectivity index (χ1n) is 7.60. The summed E-state index contributed by atoms with van der Waals surface area (Å²) < 4.78 is 0. The van der Waals surface area contributed by atoms with Crippen molar-refractivity contribution >= 4 is 16.6 Å². The third-order valence-electron chi connectivity index (χ3n) is 4.52. The van der Waals surface area contributed by atoms with Crippen LogP contribution in [0.25, 0.3) is 10.9 Å². The van der Waals surface area contributed by atoms with Gasteiger partial charge < -0.3 is 11.1 Å². The molecule has 1 heterocycles. The summed E-state index contributed by atoms with van der Waals surface area (Å²) in [6, 6.07) is 8.99. The van der Waals surface area contributed by atoms with Gasteiger partial charge in [0.2, 0.25) is 0 Å². The summed E-state index contributed by atoms with van der Waals surface area (Å²) >= 11 is 0. The highest BCUT2D eigenvalue weighted by Gasteiger charge is 2.24. The van der Waals surface area contributed by atoms with E-state index in [-0.39, 0.29) is 0 Å². The number of anilines is 1. The minimum Gasteiger partial charge on any atom is -0.381 e. The second-order valence-electron chi connectivity index (χ2n) is 5.86. The standard InChI is InChI=1S/C17H23N3/c1-12-8-9-16(14-6-4-10-19-17(12)14)20-15-7-3-2-5-13(15)11-18/h4,6,8-10,13,15,20H,2-3,5,7,11,18H2,1H3. The fourth-order valence-electron chi connectivity index (χ4n) is 3.32. The molecule has 0 amide bonds. The summed E-state index contributed by atoms with van der Waals surface area (Å²) in [4.78, 5) is 4.51. The third-order valence-corrected chi connectivity index (χ3v) is 4.52. The highest BCUT2D eigenvalue weighted by atomic mass is 14.9. The van der Waals surface area contributed by atoms with Crippen LogP contribution in [0.2, 0.25) is 0 Å². The Labute approximate surface area is 120 Å². The monoisotopic (exact) mass is 269 g/mol.